The predicted octanol–water partition coefficient (Wildman–Crippen LogP) is -0.650. The van der Waals surface area contributed by atoms with E-state index in [1.165, 1.54) is 4.31 Å². The Labute approximate surface area is 89.4 Å². The molecule has 5 nitrogen and oxygen atoms in total. The number of sulfone groups is 1. The van der Waals surface area contributed by atoms with Crippen molar-refractivity contribution in [2.24, 2.45) is 0 Å². The van der Waals surface area contributed by atoms with E-state index in [1.807, 2.05) is 0 Å². The van der Waals surface area contributed by atoms with Gasteiger partial charge in [0.25, 0.3) is 0 Å². The van der Waals surface area contributed by atoms with Crippen LogP contribution in [0.5, 0.6) is 0 Å². The van der Waals surface area contributed by atoms with Crippen molar-refractivity contribution in [1.29, 1.82) is 0 Å². The molecular weight excluding hydrogens is 238 g/mol. The molecule has 0 aromatic rings. The van der Waals surface area contributed by atoms with Gasteiger partial charge in [0.2, 0.25) is 10.0 Å². The second-order valence-corrected chi connectivity index (χ2v) is 9.15. The highest BCUT2D eigenvalue weighted by Crippen LogP contribution is 2.40. The third-order valence-electron chi connectivity index (χ3n) is 3.53. The van der Waals surface area contributed by atoms with E-state index < -0.39 is 25.1 Å². The molecule has 0 aromatic carbocycles. The minimum absolute atomic E-state index is 0.0314. The fraction of sp³-hybridized carbons (Fsp3) is 1.00. The first-order valence-corrected chi connectivity index (χ1v) is 8.35. The van der Waals surface area contributed by atoms with Gasteiger partial charge in [0.15, 0.2) is 9.84 Å². The van der Waals surface area contributed by atoms with E-state index in [2.05, 4.69) is 0 Å². The van der Waals surface area contributed by atoms with Gasteiger partial charge in [0.1, 0.15) is 0 Å². The van der Waals surface area contributed by atoms with Crippen molar-refractivity contribution in [2.45, 2.75) is 35.8 Å². The van der Waals surface area contributed by atoms with Crippen molar-refractivity contribution in [1.82, 2.24) is 4.31 Å². The molecule has 2 saturated heterocycles. The highest BCUT2D eigenvalue weighted by molar-refractivity contribution is 7.93. The van der Waals surface area contributed by atoms with Crippen LogP contribution in [-0.4, -0.2) is 50.0 Å². The maximum absolute atomic E-state index is 11.9. The largest absolute Gasteiger partial charge is 0.228 e. The van der Waals surface area contributed by atoms with Crippen molar-refractivity contribution in [3.05, 3.63) is 0 Å². The summed E-state index contributed by atoms with van der Waals surface area (Å²) < 4.78 is 48.2. The summed E-state index contributed by atoms with van der Waals surface area (Å²) in [7, 11) is -6.17. The first kappa shape index (κ1) is 10.0. The maximum atomic E-state index is 11.9. The van der Waals surface area contributed by atoms with E-state index in [0.717, 1.165) is 12.8 Å². The first-order valence-electron chi connectivity index (χ1n) is 5.13. The zero-order valence-corrected chi connectivity index (χ0v) is 9.80. The average molecular weight is 251 g/mol. The van der Waals surface area contributed by atoms with Crippen LogP contribution in [-0.2, 0) is 19.9 Å². The Morgan fingerprint density at radius 3 is 2.27 bits per heavy atom. The Hall–Kier alpha value is -0.140. The van der Waals surface area contributed by atoms with Crippen LogP contribution in [0, 0.1) is 0 Å². The van der Waals surface area contributed by atoms with Gasteiger partial charge >= 0.3 is 0 Å². The van der Waals surface area contributed by atoms with Gasteiger partial charge < -0.3 is 0 Å². The lowest BCUT2D eigenvalue weighted by molar-refractivity contribution is 0.401. The maximum Gasteiger partial charge on any atom is 0.217 e. The van der Waals surface area contributed by atoms with Crippen molar-refractivity contribution in [3.63, 3.8) is 0 Å². The topological polar surface area (TPSA) is 71.5 Å². The van der Waals surface area contributed by atoms with Gasteiger partial charge in [-0.2, -0.15) is 4.31 Å². The molecule has 2 atom stereocenters. The normalized spacial score (nSPS) is 39.7. The third-order valence-corrected chi connectivity index (χ3v) is 8.15. The van der Waals surface area contributed by atoms with Gasteiger partial charge in [-0.1, -0.05) is 0 Å². The first-order chi connectivity index (χ1) is 6.91. The standard InChI is InChI=1S/C8H13NO4S2/c10-14(11)5-6-3-8(14)4-9(6)15(12,13)7-1-2-7/h6-8H,1-5H2. The molecule has 2 heterocycles. The highest BCUT2D eigenvalue weighted by Gasteiger charge is 2.55. The molecule has 15 heavy (non-hydrogen) atoms. The summed E-state index contributed by atoms with van der Waals surface area (Å²) in [6, 6.07) is -0.273. The fourth-order valence-corrected chi connectivity index (χ4v) is 6.82. The van der Waals surface area contributed by atoms with E-state index in [-0.39, 0.29) is 23.6 Å². The molecule has 86 valence electrons. The van der Waals surface area contributed by atoms with E-state index in [0.29, 0.717) is 6.42 Å². The Morgan fingerprint density at radius 2 is 1.87 bits per heavy atom. The molecule has 3 rings (SSSR count). The van der Waals surface area contributed by atoms with Crippen LogP contribution in [0.2, 0.25) is 0 Å². The van der Waals surface area contributed by atoms with E-state index in [9.17, 15) is 16.8 Å². The number of nitrogens with zero attached hydrogens (tertiary/aromatic N) is 1. The molecule has 2 unspecified atom stereocenters. The molecule has 7 heteroatoms. The van der Waals surface area contributed by atoms with Gasteiger partial charge in [0.05, 0.1) is 16.3 Å². The zero-order valence-electron chi connectivity index (χ0n) is 8.16. The minimum atomic E-state index is -3.18. The Bertz CT molecular complexity index is 491. The number of hydrogen-bond acceptors (Lipinski definition) is 4. The molecule has 0 spiro atoms. The van der Waals surface area contributed by atoms with Crippen LogP contribution in [0.15, 0.2) is 0 Å². The molecule has 1 aliphatic carbocycles. The summed E-state index contributed by atoms with van der Waals surface area (Å²) in [5, 5.41) is -0.657. The van der Waals surface area contributed by atoms with Gasteiger partial charge in [0, 0.05) is 12.6 Å². The summed E-state index contributed by atoms with van der Waals surface area (Å²) in [6.07, 6.45) is 1.99. The predicted molar refractivity (Wildman–Crippen MR) is 54.6 cm³/mol. The van der Waals surface area contributed by atoms with E-state index >= 15 is 0 Å². The second-order valence-electron chi connectivity index (χ2n) is 4.66. The number of fused-ring (bicyclic) bond motifs is 2. The molecular formula is C8H13NO4S2. The Balaban J connectivity index is 1.89. The van der Waals surface area contributed by atoms with Crippen LogP contribution in [0.4, 0.5) is 0 Å². The summed E-state index contributed by atoms with van der Waals surface area (Å²) in [4.78, 5) is 0. The van der Waals surface area contributed by atoms with E-state index in [1.54, 1.807) is 0 Å². The average Bonchev–Trinajstić information content (AvgIpc) is 2.82. The lowest BCUT2D eigenvalue weighted by atomic mass is 10.3. The van der Waals surface area contributed by atoms with Crippen molar-refractivity contribution in [3.8, 4) is 0 Å². The van der Waals surface area contributed by atoms with Crippen molar-refractivity contribution >= 4 is 19.9 Å². The Morgan fingerprint density at radius 1 is 1.20 bits per heavy atom. The summed E-state index contributed by atoms with van der Waals surface area (Å²) >= 11 is 0. The van der Waals surface area contributed by atoms with Crippen LogP contribution in [0.1, 0.15) is 19.3 Å². The minimum Gasteiger partial charge on any atom is -0.228 e. The quantitative estimate of drug-likeness (QED) is 0.654. The molecule has 2 bridgehead atoms. The van der Waals surface area contributed by atoms with Gasteiger partial charge in [-0.05, 0) is 19.3 Å². The molecule has 3 fully saturated rings. The fourth-order valence-electron chi connectivity index (χ4n) is 2.53. The molecule has 0 amide bonds. The van der Waals surface area contributed by atoms with Gasteiger partial charge in [-0.3, -0.25) is 0 Å². The van der Waals surface area contributed by atoms with Crippen LogP contribution in [0.25, 0.3) is 0 Å². The number of hydrogen-bond donors (Lipinski definition) is 0. The lowest BCUT2D eigenvalue weighted by Gasteiger charge is -2.25. The van der Waals surface area contributed by atoms with Crippen LogP contribution < -0.4 is 0 Å². The molecule has 2 aliphatic heterocycles. The molecule has 0 aromatic heterocycles. The van der Waals surface area contributed by atoms with Crippen LogP contribution >= 0.6 is 0 Å². The monoisotopic (exact) mass is 251 g/mol. The molecule has 0 radical (unpaired) electrons. The molecule has 0 N–H and O–H groups in total. The molecule has 1 saturated carbocycles. The Kier molecular flexibility index (Phi) is 1.84. The number of sulfonamides is 1. The van der Waals surface area contributed by atoms with Gasteiger partial charge in [-0.15, -0.1) is 0 Å². The molecule has 3 aliphatic rings. The van der Waals surface area contributed by atoms with Crippen molar-refractivity contribution < 1.29 is 16.8 Å². The van der Waals surface area contributed by atoms with Gasteiger partial charge in [-0.25, -0.2) is 16.8 Å². The number of rotatable bonds is 2. The summed E-state index contributed by atoms with van der Waals surface area (Å²) in [5.41, 5.74) is 0. The van der Waals surface area contributed by atoms with Crippen molar-refractivity contribution in [2.75, 3.05) is 12.3 Å². The summed E-state index contributed by atoms with van der Waals surface area (Å²) in [5.74, 6) is 0.0314. The highest BCUT2D eigenvalue weighted by atomic mass is 32.2. The third kappa shape index (κ3) is 1.36. The SMILES string of the molecule is O=S1(=O)CC2CC1CN2S(=O)(=O)C1CC1. The summed E-state index contributed by atoms with van der Waals surface area (Å²) in [6.45, 7) is 0.200. The lowest BCUT2D eigenvalue weighted by Crippen LogP contribution is -2.45. The van der Waals surface area contributed by atoms with E-state index in [4.69, 9.17) is 0 Å². The zero-order chi connectivity index (χ0) is 10.8. The smallest absolute Gasteiger partial charge is 0.217 e. The van der Waals surface area contributed by atoms with Crippen LogP contribution in [0.3, 0.4) is 0 Å². The second kappa shape index (κ2) is 2.75.